The fourth-order valence-corrected chi connectivity index (χ4v) is 4.05. The van der Waals surface area contributed by atoms with Gasteiger partial charge in [0, 0.05) is 23.3 Å². The Bertz CT molecular complexity index is 752. The molecule has 1 aromatic heterocycles. The van der Waals surface area contributed by atoms with Gasteiger partial charge in [0.05, 0.1) is 0 Å². The maximum Gasteiger partial charge on any atom is 0.230 e. The first kappa shape index (κ1) is 15.6. The monoisotopic (exact) mass is 324 g/mol. The first-order valence-electron chi connectivity index (χ1n) is 9.08. The Morgan fingerprint density at radius 2 is 2.00 bits per heavy atom. The number of rotatable bonds is 4. The zero-order valence-electron chi connectivity index (χ0n) is 14.4. The van der Waals surface area contributed by atoms with Crippen LogP contribution in [0.15, 0.2) is 28.8 Å². The van der Waals surface area contributed by atoms with Crippen LogP contribution in [-0.4, -0.2) is 15.9 Å². The molecule has 0 radical (unpaired) electrons. The summed E-state index contributed by atoms with van der Waals surface area (Å²) >= 11 is 0. The summed E-state index contributed by atoms with van der Waals surface area (Å²) in [6.45, 7) is 4.22. The van der Waals surface area contributed by atoms with E-state index in [1.165, 1.54) is 5.56 Å². The lowest BCUT2D eigenvalue weighted by molar-refractivity contribution is -0.126. The van der Waals surface area contributed by atoms with Crippen LogP contribution in [0.1, 0.15) is 56.4 Å². The highest BCUT2D eigenvalue weighted by Crippen LogP contribution is 2.46. The third-order valence-electron chi connectivity index (χ3n) is 5.64. The number of nitrogens with zero attached hydrogens (tertiary/aromatic N) is 2. The van der Waals surface area contributed by atoms with Crippen LogP contribution in [0.3, 0.4) is 0 Å². The molecule has 0 bridgehead atoms. The van der Waals surface area contributed by atoms with Gasteiger partial charge in [0.1, 0.15) is 5.78 Å². The van der Waals surface area contributed by atoms with Crippen LogP contribution in [0.2, 0.25) is 0 Å². The molecule has 24 heavy (non-hydrogen) atoms. The van der Waals surface area contributed by atoms with E-state index in [9.17, 15) is 4.79 Å². The van der Waals surface area contributed by atoms with Crippen molar-refractivity contribution in [2.75, 3.05) is 0 Å². The predicted molar refractivity (Wildman–Crippen MR) is 91.4 cm³/mol. The number of hydrogen-bond donors (Lipinski definition) is 0. The van der Waals surface area contributed by atoms with E-state index >= 15 is 0 Å². The highest BCUT2D eigenvalue weighted by atomic mass is 16.5. The second kappa shape index (κ2) is 6.15. The summed E-state index contributed by atoms with van der Waals surface area (Å²) in [5.41, 5.74) is 2.15. The quantitative estimate of drug-likeness (QED) is 0.828. The fourth-order valence-electron chi connectivity index (χ4n) is 4.05. The molecule has 2 aromatic rings. The van der Waals surface area contributed by atoms with E-state index in [0.717, 1.165) is 37.7 Å². The number of ketones is 1. The summed E-state index contributed by atoms with van der Waals surface area (Å²) in [6.07, 6.45) is 5.27. The van der Waals surface area contributed by atoms with Crippen LogP contribution in [0.4, 0.5) is 0 Å². The molecule has 0 amide bonds. The molecule has 2 aliphatic rings. The Labute approximate surface area is 142 Å². The minimum atomic E-state index is 0.0690. The fraction of sp³-hybridized carbons (Fsp3) is 0.550. The van der Waals surface area contributed by atoms with Gasteiger partial charge in [-0.1, -0.05) is 48.7 Å². The standard InChI is InChI=1S/C20H24N2O2/c1-12-6-5-7-14(10-12)19-21-20(24-22-19)16-9-4-3-8-15(16)18(23)17-11-13(17)2/h5-7,10,13,15-17H,3-4,8-9,11H2,1-2H3. The Morgan fingerprint density at radius 3 is 2.75 bits per heavy atom. The van der Waals surface area contributed by atoms with Gasteiger partial charge >= 0.3 is 0 Å². The summed E-state index contributed by atoms with van der Waals surface area (Å²) in [4.78, 5) is 17.4. The average Bonchev–Trinajstić information content (AvgIpc) is 3.12. The second-order valence-electron chi connectivity index (χ2n) is 7.54. The Morgan fingerprint density at radius 1 is 1.21 bits per heavy atom. The number of benzene rings is 1. The smallest absolute Gasteiger partial charge is 0.230 e. The van der Waals surface area contributed by atoms with Gasteiger partial charge in [-0.25, -0.2) is 0 Å². The van der Waals surface area contributed by atoms with E-state index in [0.29, 0.717) is 23.4 Å². The molecule has 2 aliphatic carbocycles. The van der Waals surface area contributed by atoms with Crippen molar-refractivity contribution in [3.8, 4) is 11.4 Å². The molecule has 4 nitrogen and oxygen atoms in total. The molecule has 0 aliphatic heterocycles. The van der Waals surface area contributed by atoms with Crippen LogP contribution in [-0.2, 0) is 4.79 Å². The maximum absolute atomic E-state index is 12.8. The molecule has 0 saturated heterocycles. The summed E-state index contributed by atoms with van der Waals surface area (Å²) in [6, 6.07) is 8.11. The van der Waals surface area contributed by atoms with Crippen molar-refractivity contribution in [3.63, 3.8) is 0 Å². The average molecular weight is 324 g/mol. The number of hydrogen-bond acceptors (Lipinski definition) is 4. The second-order valence-corrected chi connectivity index (χ2v) is 7.54. The largest absolute Gasteiger partial charge is 0.339 e. The molecule has 2 saturated carbocycles. The van der Waals surface area contributed by atoms with E-state index in [2.05, 4.69) is 36.1 Å². The van der Waals surface area contributed by atoms with Crippen molar-refractivity contribution in [2.24, 2.45) is 17.8 Å². The molecule has 4 atom stereocenters. The van der Waals surface area contributed by atoms with Gasteiger partial charge in [0.2, 0.25) is 11.7 Å². The zero-order chi connectivity index (χ0) is 16.7. The molecule has 1 aromatic carbocycles. The third kappa shape index (κ3) is 2.90. The van der Waals surface area contributed by atoms with Gasteiger partial charge in [-0.3, -0.25) is 4.79 Å². The molecule has 4 rings (SSSR count). The summed E-state index contributed by atoms with van der Waals surface area (Å²) in [7, 11) is 0. The van der Waals surface area contributed by atoms with Gasteiger partial charge in [-0.2, -0.15) is 4.98 Å². The number of carbonyl (C=O) groups is 1. The first-order valence-corrected chi connectivity index (χ1v) is 9.08. The highest BCUT2D eigenvalue weighted by Gasteiger charge is 2.46. The number of aryl methyl sites for hydroxylation is 1. The molecule has 1 heterocycles. The van der Waals surface area contributed by atoms with Crippen LogP contribution in [0.25, 0.3) is 11.4 Å². The summed E-state index contributed by atoms with van der Waals surface area (Å²) in [5.74, 6) is 2.72. The first-order chi connectivity index (χ1) is 11.6. The van der Waals surface area contributed by atoms with Gasteiger partial charge < -0.3 is 4.52 Å². The maximum atomic E-state index is 12.8. The molecular weight excluding hydrogens is 300 g/mol. The highest BCUT2D eigenvalue weighted by molar-refractivity contribution is 5.86. The minimum Gasteiger partial charge on any atom is -0.339 e. The number of aromatic nitrogens is 2. The predicted octanol–water partition coefficient (Wildman–Crippen LogP) is 4.54. The molecule has 0 N–H and O–H groups in total. The summed E-state index contributed by atoms with van der Waals surface area (Å²) < 4.78 is 5.59. The SMILES string of the molecule is Cc1cccc(-c2noc(C3CCCCC3C(=O)C3CC3C)n2)c1. The molecule has 0 spiro atoms. The van der Waals surface area contributed by atoms with Gasteiger partial charge in [-0.15, -0.1) is 0 Å². The van der Waals surface area contributed by atoms with Crippen molar-refractivity contribution < 1.29 is 9.32 Å². The van der Waals surface area contributed by atoms with Crippen molar-refractivity contribution in [1.82, 2.24) is 10.1 Å². The van der Waals surface area contributed by atoms with Gasteiger partial charge in [0.15, 0.2) is 0 Å². The van der Waals surface area contributed by atoms with Gasteiger partial charge in [0.25, 0.3) is 0 Å². The Kier molecular flexibility index (Phi) is 3.99. The lowest BCUT2D eigenvalue weighted by Gasteiger charge is -2.27. The van der Waals surface area contributed by atoms with Crippen LogP contribution in [0, 0.1) is 24.7 Å². The molecule has 4 unspecified atom stereocenters. The number of Topliss-reactive ketones (excluding diaryl/α,β-unsaturated/α-hetero) is 1. The van der Waals surface area contributed by atoms with Crippen LogP contribution >= 0.6 is 0 Å². The molecule has 2 fully saturated rings. The van der Waals surface area contributed by atoms with Crippen LogP contribution in [0.5, 0.6) is 0 Å². The van der Waals surface area contributed by atoms with E-state index in [1.54, 1.807) is 0 Å². The molecule has 126 valence electrons. The van der Waals surface area contributed by atoms with Crippen molar-refractivity contribution >= 4 is 5.78 Å². The van der Waals surface area contributed by atoms with E-state index in [-0.39, 0.29) is 17.8 Å². The molecule has 4 heteroatoms. The Hall–Kier alpha value is -1.97. The van der Waals surface area contributed by atoms with Gasteiger partial charge in [-0.05, 0) is 38.2 Å². The Balaban J connectivity index is 1.58. The summed E-state index contributed by atoms with van der Waals surface area (Å²) in [5, 5.41) is 4.17. The normalized spacial score (nSPS) is 29.4. The van der Waals surface area contributed by atoms with Crippen molar-refractivity contribution in [1.29, 1.82) is 0 Å². The van der Waals surface area contributed by atoms with Crippen molar-refractivity contribution in [3.05, 3.63) is 35.7 Å². The van der Waals surface area contributed by atoms with Crippen LogP contribution < -0.4 is 0 Å². The van der Waals surface area contributed by atoms with Crippen molar-refractivity contribution in [2.45, 2.75) is 51.9 Å². The number of carbonyl (C=O) groups excluding carboxylic acids is 1. The topological polar surface area (TPSA) is 56.0 Å². The zero-order valence-corrected chi connectivity index (χ0v) is 14.4. The molecular formula is C20H24N2O2. The van der Waals surface area contributed by atoms with E-state index in [4.69, 9.17) is 4.52 Å². The van der Waals surface area contributed by atoms with E-state index < -0.39 is 0 Å². The van der Waals surface area contributed by atoms with E-state index in [1.807, 2.05) is 12.1 Å². The lowest BCUT2D eigenvalue weighted by atomic mass is 9.75. The minimum absolute atomic E-state index is 0.0690. The third-order valence-corrected chi connectivity index (χ3v) is 5.64. The lowest BCUT2D eigenvalue weighted by Crippen LogP contribution is -2.27.